The highest BCUT2D eigenvalue weighted by Gasteiger charge is 2.43. The first-order valence-corrected chi connectivity index (χ1v) is 4.46. The van der Waals surface area contributed by atoms with Crippen LogP contribution in [0.2, 0.25) is 0 Å². The maximum Gasteiger partial charge on any atom is 0.231 e. The van der Waals surface area contributed by atoms with Crippen LogP contribution in [0, 0.1) is 5.41 Å². The second-order valence-electron chi connectivity index (χ2n) is 3.43. The van der Waals surface area contributed by atoms with Crippen LogP contribution in [0.5, 0.6) is 0 Å². The van der Waals surface area contributed by atoms with Gasteiger partial charge in [-0.3, -0.25) is 9.59 Å². The summed E-state index contributed by atoms with van der Waals surface area (Å²) in [6, 6.07) is 0. The lowest BCUT2D eigenvalue weighted by Gasteiger charge is -2.31. The number of carbonyl (C=O) groups is 2. The lowest BCUT2D eigenvalue weighted by atomic mass is 9.71. The Morgan fingerprint density at radius 1 is 1.58 bits per heavy atom. The molecule has 0 aromatic rings. The Labute approximate surface area is 72.3 Å². The van der Waals surface area contributed by atoms with Gasteiger partial charge in [0.25, 0.3) is 0 Å². The van der Waals surface area contributed by atoms with Crippen molar-refractivity contribution in [2.75, 3.05) is 0 Å². The smallest absolute Gasteiger partial charge is 0.231 e. The van der Waals surface area contributed by atoms with Gasteiger partial charge < -0.3 is 5.73 Å². The molecule has 1 aliphatic rings. The number of carbonyl (C=O) groups excluding carboxylic acids is 2. The maximum absolute atomic E-state index is 11.5. The Morgan fingerprint density at radius 3 is 2.58 bits per heavy atom. The largest absolute Gasteiger partial charge is 0.369 e. The second-order valence-corrected chi connectivity index (χ2v) is 3.43. The number of primary amides is 1. The van der Waals surface area contributed by atoms with Crippen LogP contribution in [0.3, 0.4) is 0 Å². The van der Waals surface area contributed by atoms with Gasteiger partial charge in [0.05, 0.1) is 0 Å². The minimum Gasteiger partial charge on any atom is -0.369 e. The Kier molecular flexibility index (Phi) is 2.50. The molecule has 0 aromatic heterocycles. The summed E-state index contributed by atoms with van der Waals surface area (Å²) in [4.78, 5) is 22.6. The first-order chi connectivity index (χ1) is 5.63. The van der Waals surface area contributed by atoms with Gasteiger partial charge in [0.15, 0.2) is 0 Å². The molecule has 12 heavy (non-hydrogen) atoms. The molecule has 3 heteroatoms. The molecule has 1 saturated carbocycles. The highest BCUT2D eigenvalue weighted by Crippen LogP contribution is 2.35. The van der Waals surface area contributed by atoms with Gasteiger partial charge in [0, 0.05) is 6.42 Å². The molecule has 1 unspecified atom stereocenters. The van der Waals surface area contributed by atoms with Crippen LogP contribution in [0.1, 0.15) is 39.0 Å². The molecular formula is C9H15NO2. The van der Waals surface area contributed by atoms with Crippen LogP contribution < -0.4 is 5.73 Å². The fourth-order valence-electron chi connectivity index (χ4n) is 1.90. The van der Waals surface area contributed by atoms with Gasteiger partial charge >= 0.3 is 0 Å². The summed E-state index contributed by atoms with van der Waals surface area (Å²) in [5, 5.41) is 0. The van der Waals surface area contributed by atoms with E-state index < -0.39 is 11.3 Å². The normalized spacial score (nSPS) is 30.2. The van der Waals surface area contributed by atoms with E-state index in [4.69, 9.17) is 5.73 Å². The fourth-order valence-corrected chi connectivity index (χ4v) is 1.90. The van der Waals surface area contributed by atoms with Gasteiger partial charge in [0.2, 0.25) is 5.91 Å². The van der Waals surface area contributed by atoms with E-state index in [-0.39, 0.29) is 5.78 Å². The van der Waals surface area contributed by atoms with E-state index in [9.17, 15) is 9.59 Å². The Balaban J connectivity index is 2.88. The molecule has 0 aromatic carbocycles. The van der Waals surface area contributed by atoms with Crippen LogP contribution in [-0.2, 0) is 9.59 Å². The summed E-state index contributed by atoms with van der Waals surface area (Å²) in [7, 11) is 0. The summed E-state index contributed by atoms with van der Waals surface area (Å²) < 4.78 is 0. The zero-order valence-electron chi connectivity index (χ0n) is 7.43. The number of hydrogen-bond acceptors (Lipinski definition) is 2. The standard InChI is InChI=1S/C9H15NO2/c1-2-9(8(10)12)6-4-3-5-7(9)11/h2-6H2,1H3,(H2,10,12). The predicted octanol–water partition coefficient (Wildman–Crippen LogP) is 1.01. The Morgan fingerprint density at radius 2 is 2.25 bits per heavy atom. The molecular weight excluding hydrogens is 154 g/mol. The van der Waals surface area contributed by atoms with Crippen molar-refractivity contribution in [3.63, 3.8) is 0 Å². The molecule has 1 rings (SSSR count). The monoisotopic (exact) mass is 169 g/mol. The SMILES string of the molecule is CCC1(C(N)=O)CCCCC1=O. The minimum absolute atomic E-state index is 0.0451. The summed E-state index contributed by atoms with van der Waals surface area (Å²) in [6.45, 7) is 1.86. The first-order valence-electron chi connectivity index (χ1n) is 4.46. The molecule has 0 radical (unpaired) electrons. The van der Waals surface area contributed by atoms with Crippen LogP contribution in [0.4, 0.5) is 0 Å². The quantitative estimate of drug-likeness (QED) is 0.627. The summed E-state index contributed by atoms with van der Waals surface area (Å²) in [5.74, 6) is -0.390. The molecule has 0 spiro atoms. The van der Waals surface area contributed by atoms with Crippen molar-refractivity contribution in [1.82, 2.24) is 0 Å². The summed E-state index contributed by atoms with van der Waals surface area (Å²) in [6.07, 6.45) is 3.59. The number of Topliss-reactive ketones (excluding diaryl/α,β-unsaturated/α-hetero) is 1. The third-order valence-electron chi connectivity index (χ3n) is 2.87. The van der Waals surface area contributed by atoms with Crippen molar-refractivity contribution in [2.24, 2.45) is 11.1 Å². The van der Waals surface area contributed by atoms with E-state index in [0.29, 0.717) is 19.3 Å². The lowest BCUT2D eigenvalue weighted by molar-refractivity contribution is -0.143. The number of ketones is 1. The van der Waals surface area contributed by atoms with Gasteiger partial charge in [-0.1, -0.05) is 13.3 Å². The number of nitrogens with two attached hydrogens (primary N) is 1. The van der Waals surface area contributed by atoms with E-state index in [1.54, 1.807) is 0 Å². The average molecular weight is 169 g/mol. The van der Waals surface area contributed by atoms with Crippen molar-refractivity contribution in [2.45, 2.75) is 39.0 Å². The molecule has 1 fully saturated rings. The highest BCUT2D eigenvalue weighted by atomic mass is 16.2. The van der Waals surface area contributed by atoms with Gasteiger partial charge in [-0.15, -0.1) is 0 Å². The molecule has 1 amide bonds. The van der Waals surface area contributed by atoms with Gasteiger partial charge in [-0.05, 0) is 19.3 Å². The van der Waals surface area contributed by atoms with Crippen LogP contribution in [0.25, 0.3) is 0 Å². The van der Waals surface area contributed by atoms with Crippen molar-refractivity contribution in [3.05, 3.63) is 0 Å². The van der Waals surface area contributed by atoms with Crippen molar-refractivity contribution in [1.29, 1.82) is 0 Å². The molecule has 1 atom stereocenters. The summed E-state index contributed by atoms with van der Waals surface area (Å²) in [5.41, 5.74) is 4.42. The second kappa shape index (κ2) is 3.25. The van der Waals surface area contributed by atoms with Gasteiger partial charge in [-0.2, -0.15) is 0 Å². The van der Waals surface area contributed by atoms with E-state index in [2.05, 4.69) is 0 Å². The third-order valence-corrected chi connectivity index (χ3v) is 2.87. The molecule has 0 aliphatic heterocycles. The number of hydrogen-bond donors (Lipinski definition) is 1. The first kappa shape index (κ1) is 9.23. The van der Waals surface area contributed by atoms with E-state index in [1.807, 2.05) is 6.92 Å². The molecule has 2 N–H and O–H groups in total. The van der Waals surface area contributed by atoms with Gasteiger partial charge in [0.1, 0.15) is 11.2 Å². The topological polar surface area (TPSA) is 60.2 Å². The Hall–Kier alpha value is -0.860. The zero-order chi connectivity index (χ0) is 9.19. The Bertz CT molecular complexity index is 213. The van der Waals surface area contributed by atoms with Crippen LogP contribution in [-0.4, -0.2) is 11.7 Å². The molecule has 68 valence electrons. The fraction of sp³-hybridized carbons (Fsp3) is 0.778. The maximum atomic E-state index is 11.5. The van der Waals surface area contributed by atoms with Crippen molar-refractivity contribution >= 4 is 11.7 Å². The molecule has 0 bridgehead atoms. The minimum atomic E-state index is -0.821. The molecule has 3 nitrogen and oxygen atoms in total. The van der Waals surface area contributed by atoms with E-state index in [0.717, 1.165) is 12.8 Å². The third kappa shape index (κ3) is 1.24. The van der Waals surface area contributed by atoms with Crippen LogP contribution in [0.15, 0.2) is 0 Å². The molecule has 0 heterocycles. The average Bonchev–Trinajstić information content (AvgIpc) is 2.05. The lowest BCUT2D eigenvalue weighted by Crippen LogP contribution is -2.45. The highest BCUT2D eigenvalue weighted by molar-refractivity contribution is 6.05. The van der Waals surface area contributed by atoms with E-state index in [1.165, 1.54) is 0 Å². The van der Waals surface area contributed by atoms with E-state index >= 15 is 0 Å². The number of amides is 1. The van der Waals surface area contributed by atoms with Crippen molar-refractivity contribution < 1.29 is 9.59 Å². The van der Waals surface area contributed by atoms with Gasteiger partial charge in [-0.25, -0.2) is 0 Å². The van der Waals surface area contributed by atoms with Crippen LogP contribution >= 0.6 is 0 Å². The molecule has 0 saturated heterocycles. The molecule has 1 aliphatic carbocycles. The zero-order valence-corrected chi connectivity index (χ0v) is 7.43. The summed E-state index contributed by atoms with van der Waals surface area (Å²) >= 11 is 0. The predicted molar refractivity (Wildman–Crippen MR) is 45.4 cm³/mol. The van der Waals surface area contributed by atoms with Crippen molar-refractivity contribution in [3.8, 4) is 0 Å². The number of rotatable bonds is 2.